The van der Waals surface area contributed by atoms with Crippen LogP contribution in [0, 0.1) is 0 Å². The number of ether oxygens (including phenoxy) is 1. The fraction of sp³-hybridized carbons (Fsp3) is 0.267. The number of carbonyl (C=O) groups is 3. The van der Waals surface area contributed by atoms with Crippen LogP contribution in [-0.4, -0.2) is 45.9 Å². The van der Waals surface area contributed by atoms with Gasteiger partial charge in [0.2, 0.25) is 0 Å². The van der Waals surface area contributed by atoms with Gasteiger partial charge in [-0.25, -0.2) is 9.59 Å². The number of hydrogen-bond acceptors (Lipinski definition) is 6. The Morgan fingerprint density at radius 1 is 1.22 bits per heavy atom. The van der Waals surface area contributed by atoms with Gasteiger partial charge in [-0.2, -0.15) is 0 Å². The smallest absolute Gasteiger partial charge is 0.351 e. The summed E-state index contributed by atoms with van der Waals surface area (Å²) in [7, 11) is 0. The van der Waals surface area contributed by atoms with Crippen molar-refractivity contribution in [2.45, 2.75) is 19.4 Å². The predicted octanol–water partition coefficient (Wildman–Crippen LogP) is 0.814. The molecule has 0 aliphatic rings. The Bertz CT molecular complexity index is 607. The molecule has 1 aromatic rings. The van der Waals surface area contributed by atoms with Crippen LogP contribution < -0.4 is 5.32 Å². The zero-order chi connectivity index (χ0) is 17.4. The number of carboxylic acids is 2. The van der Waals surface area contributed by atoms with Gasteiger partial charge in [0.1, 0.15) is 17.5 Å². The van der Waals surface area contributed by atoms with Gasteiger partial charge in [0.15, 0.2) is 0 Å². The molecule has 23 heavy (non-hydrogen) atoms. The molecule has 0 radical (unpaired) electrons. The molecule has 0 aliphatic carbocycles. The van der Waals surface area contributed by atoms with Gasteiger partial charge in [-0.3, -0.25) is 4.79 Å². The van der Waals surface area contributed by atoms with E-state index in [0.717, 1.165) is 0 Å². The van der Waals surface area contributed by atoms with E-state index < -0.39 is 23.9 Å². The third-order valence-corrected chi connectivity index (χ3v) is 2.77. The number of aliphatic carboxylic acids is 2. The van der Waals surface area contributed by atoms with E-state index in [9.17, 15) is 24.6 Å². The summed E-state index contributed by atoms with van der Waals surface area (Å²) in [5, 5.41) is 29.9. The van der Waals surface area contributed by atoms with E-state index in [1.807, 2.05) is 0 Å². The first-order valence-electron chi connectivity index (χ1n) is 6.66. The number of phenolic OH excluding ortho intramolecular Hbond substituents is 1. The fourth-order valence-corrected chi connectivity index (χ4v) is 1.67. The highest BCUT2D eigenvalue weighted by molar-refractivity contribution is 5.92. The Kier molecular flexibility index (Phi) is 6.60. The number of carbonyl (C=O) groups excluding carboxylic acids is 1. The number of hydrogen-bond donors (Lipinski definition) is 4. The lowest BCUT2D eigenvalue weighted by molar-refractivity contribution is -0.145. The van der Waals surface area contributed by atoms with Crippen molar-refractivity contribution in [2.75, 3.05) is 6.61 Å². The second kappa shape index (κ2) is 8.42. The molecule has 0 heterocycles. The number of nitrogens with one attached hydrogen (secondary N) is 1. The zero-order valence-corrected chi connectivity index (χ0v) is 12.4. The van der Waals surface area contributed by atoms with E-state index in [4.69, 9.17) is 5.11 Å². The molecular weight excluding hydrogens is 306 g/mol. The molecule has 1 aromatic carbocycles. The first kappa shape index (κ1) is 18.0. The Hall–Kier alpha value is -3.03. The van der Waals surface area contributed by atoms with E-state index in [0.29, 0.717) is 5.56 Å². The van der Waals surface area contributed by atoms with Crippen molar-refractivity contribution in [1.29, 1.82) is 0 Å². The molecule has 0 spiro atoms. The minimum Gasteiger partial charge on any atom is -0.508 e. The molecule has 8 heteroatoms. The van der Waals surface area contributed by atoms with Gasteiger partial charge in [0, 0.05) is 13.3 Å². The highest BCUT2D eigenvalue weighted by Crippen LogP contribution is 2.13. The van der Waals surface area contributed by atoms with Gasteiger partial charge in [-0.05, 0) is 23.8 Å². The first-order chi connectivity index (χ1) is 10.8. The number of esters is 1. The van der Waals surface area contributed by atoms with Gasteiger partial charge >= 0.3 is 17.9 Å². The van der Waals surface area contributed by atoms with Gasteiger partial charge in [-0.1, -0.05) is 12.1 Å². The van der Waals surface area contributed by atoms with E-state index in [-0.39, 0.29) is 24.5 Å². The average molecular weight is 323 g/mol. The Morgan fingerprint density at radius 3 is 2.30 bits per heavy atom. The summed E-state index contributed by atoms with van der Waals surface area (Å²) >= 11 is 0. The Labute approximate surface area is 132 Å². The van der Waals surface area contributed by atoms with Crippen molar-refractivity contribution in [1.82, 2.24) is 5.32 Å². The summed E-state index contributed by atoms with van der Waals surface area (Å²) in [6.45, 7) is 1.04. The summed E-state index contributed by atoms with van der Waals surface area (Å²) < 4.78 is 4.66. The van der Waals surface area contributed by atoms with Crippen LogP contribution in [0.15, 0.2) is 30.0 Å². The van der Waals surface area contributed by atoms with Gasteiger partial charge < -0.3 is 25.4 Å². The zero-order valence-electron chi connectivity index (χ0n) is 12.4. The third-order valence-electron chi connectivity index (χ3n) is 2.77. The van der Waals surface area contributed by atoms with Crippen molar-refractivity contribution in [3.8, 4) is 5.75 Å². The van der Waals surface area contributed by atoms with Crippen molar-refractivity contribution >= 4 is 24.0 Å². The lowest BCUT2D eigenvalue weighted by Crippen LogP contribution is -2.39. The summed E-state index contributed by atoms with van der Waals surface area (Å²) in [5.74, 6) is -3.13. The summed E-state index contributed by atoms with van der Waals surface area (Å²) in [4.78, 5) is 33.1. The minimum absolute atomic E-state index is 0.0248. The molecule has 0 fully saturated rings. The normalized spacial score (nSPS) is 12.3. The Morgan fingerprint density at radius 2 is 1.83 bits per heavy atom. The average Bonchev–Trinajstić information content (AvgIpc) is 2.46. The number of carboxylic acid groups (broad SMARTS) is 2. The van der Waals surface area contributed by atoms with E-state index in [1.54, 1.807) is 0 Å². The van der Waals surface area contributed by atoms with Crippen LogP contribution in [0.3, 0.4) is 0 Å². The summed E-state index contributed by atoms with van der Waals surface area (Å²) in [6, 6.07) is 4.48. The van der Waals surface area contributed by atoms with Crippen molar-refractivity contribution < 1.29 is 34.4 Å². The molecular formula is C15H17NO7. The van der Waals surface area contributed by atoms with E-state index in [2.05, 4.69) is 10.1 Å². The fourth-order valence-electron chi connectivity index (χ4n) is 1.67. The van der Waals surface area contributed by atoms with E-state index in [1.165, 1.54) is 37.3 Å². The SMILES string of the molecule is CC(=O)OCC[C@H](N/C(=C\c1ccc(O)cc1)C(=O)O)C(=O)O. The number of aromatic hydroxyl groups is 1. The molecule has 0 aromatic heterocycles. The molecule has 1 rings (SSSR count). The number of phenols is 1. The topological polar surface area (TPSA) is 133 Å². The predicted molar refractivity (Wildman–Crippen MR) is 79.5 cm³/mol. The van der Waals surface area contributed by atoms with Gasteiger partial charge in [0.05, 0.1) is 6.61 Å². The molecule has 124 valence electrons. The van der Waals surface area contributed by atoms with Crippen LogP contribution in [-0.2, 0) is 19.1 Å². The van der Waals surface area contributed by atoms with Crippen molar-refractivity contribution in [3.63, 3.8) is 0 Å². The minimum atomic E-state index is -1.34. The quantitative estimate of drug-likeness (QED) is 0.408. The molecule has 0 bridgehead atoms. The largest absolute Gasteiger partial charge is 0.508 e. The Balaban J connectivity index is 2.86. The van der Waals surface area contributed by atoms with Gasteiger partial charge in [-0.15, -0.1) is 0 Å². The molecule has 0 unspecified atom stereocenters. The summed E-state index contributed by atoms with van der Waals surface area (Å²) in [5.41, 5.74) is 0.141. The molecule has 0 saturated heterocycles. The van der Waals surface area contributed by atoms with Gasteiger partial charge in [0.25, 0.3) is 0 Å². The monoisotopic (exact) mass is 323 g/mol. The van der Waals surface area contributed by atoms with Crippen LogP contribution in [0.4, 0.5) is 0 Å². The van der Waals surface area contributed by atoms with Crippen molar-refractivity contribution in [2.24, 2.45) is 0 Å². The molecule has 4 N–H and O–H groups in total. The molecule has 0 aliphatic heterocycles. The maximum absolute atomic E-state index is 11.3. The van der Waals surface area contributed by atoms with Crippen LogP contribution in [0.2, 0.25) is 0 Å². The summed E-state index contributed by atoms with van der Waals surface area (Å²) in [6.07, 6.45) is 1.15. The molecule has 0 saturated carbocycles. The number of benzene rings is 1. The maximum Gasteiger partial charge on any atom is 0.351 e. The molecule has 8 nitrogen and oxygen atoms in total. The third kappa shape index (κ3) is 6.51. The lowest BCUT2D eigenvalue weighted by Gasteiger charge is -2.16. The standard InChI is InChI=1S/C15H17NO7/c1-9(17)23-7-6-12(14(19)20)16-13(15(21)22)8-10-2-4-11(18)5-3-10/h2-5,8,12,16,18H,6-7H2,1H3,(H,19,20)(H,21,22)/b13-8-/t12-/m0/s1. The lowest BCUT2D eigenvalue weighted by atomic mass is 10.1. The van der Waals surface area contributed by atoms with Crippen molar-refractivity contribution in [3.05, 3.63) is 35.5 Å². The molecule has 0 amide bonds. The highest BCUT2D eigenvalue weighted by atomic mass is 16.5. The van der Waals surface area contributed by atoms with Crippen LogP contribution in [0.1, 0.15) is 18.9 Å². The first-order valence-corrected chi connectivity index (χ1v) is 6.66. The number of rotatable bonds is 8. The second-order valence-corrected chi connectivity index (χ2v) is 4.62. The van der Waals surface area contributed by atoms with Crippen LogP contribution in [0.5, 0.6) is 5.75 Å². The van der Waals surface area contributed by atoms with E-state index >= 15 is 0 Å². The second-order valence-electron chi connectivity index (χ2n) is 4.62. The molecule has 1 atom stereocenters. The van der Waals surface area contributed by atoms with Crippen LogP contribution >= 0.6 is 0 Å². The highest BCUT2D eigenvalue weighted by Gasteiger charge is 2.21. The maximum atomic E-state index is 11.3. The van der Waals surface area contributed by atoms with Crippen LogP contribution in [0.25, 0.3) is 6.08 Å².